The number of benzene rings is 1. The van der Waals surface area contributed by atoms with Crippen molar-refractivity contribution in [3.05, 3.63) is 35.4 Å². The van der Waals surface area contributed by atoms with Gasteiger partial charge >= 0.3 is 0 Å². The lowest BCUT2D eigenvalue weighted by Crippen LogP contribution is -2.33. The number of carbonyl (C=O) groups is 1. The van der Waals surface area contributed by atoms with E-state index in [1.165, 1.54) is 44.1 Å². The first-order valence-corrected chi connectivity index (χ1v) is 8.15. The third-order valence-electron chi connectivity index (χ3n) is 4.16. The van der Waals surface area contributed by atoms with Gasteiger partial charge in [-0.3, -0.25) is 4.79 Å². The SMILES string of the molecule is CCCCc1ccc(CC(=O)N2CCCCCC2)cc1. The molecule has 0 N–H and O–H groups in total. The van der Waals surface area contributed by atoms with Crippen molar-refractivity contribution in [3.8, 4) is 0 Å². The average Bonchev–Trinajstić information content (AvgIpc) is 2.75. The van der Waals surface area contributed by atoms with E-state index in [4.69, 9.17) is 0 Å². The standard InChI is InChI=1S/C18H27NO/c1-2-3-8-16-9-11-17(12-10-16)15-18(20)19-13-6-4-5-7-14-19/h9-12H,2-8,13-15H2,1H3. The molecule has 1 aliphatic rings. The lowest BCUT2D eigenvalue weighted by molar-refractivity contribution is -0.130. The number of hydrogen-bond acceptors (Lipinski definition) is 1. The molecule has 1 heterocycles. The molecule has 0 aliphatic carbocycles. The second-order valence-electron chi connectivity index (χ2n) is 5.89. The molecular weight excluding hydrogens is 246 g/mol. The van der Waals surface area contributed by atoms with E-state index in [0.29, 0.717) is 12.3 Å². The first-order chi connectivity index (χ1) is 9.79. The van der Waals surface area contributed by atoms with E-state index < -0.39 is 0 Å². The van der Waals surface area contributed by atoms with Gasteiger partial charge in [0.05, 0.1) is 6.42 Å². The fraction of sp³-hybridized carbons (Fsp3) is 0.611. The molecule has 110 valence electrons. The van der Waals surface area contributed by atoms with Gasteiger partial charge in [0.25, 0.3) is 0 Å². The van der Waals surface area contributed by atoms with Crippen molar-refractivity contribution < 1.29 is 4.79 Å². The maximum absolute atomic E-state index is 12.3. The van der Waals surface area contributed by atoms with Crippen LogP contribution in [0.1, 0.15) is 56.6 Å². The van der Waals surface area contributed by atoms with Crippen LogP contribution in [0.4, 0.5) is 0 Å². The Morgan fingerprint density at radius 2 is 1.60 bits per heavy atom. The van der Waals surface area contributed by atoms with Gasteiger partial charge in [-0.15, -0.1) is 0 Å². The van der Waals surface area contributed by atoms with Crippen LogP contribution in [0.15, 0.2) is 24.3 Å². The molecule has 1 fully saturated rings. The van der Waals surface area contributed by atoms with Crippen LogP contribution in [0.3, 0.4) is 0 Å². The molecular formula is C18H27NO. The van der Waals surface area contributed by atoms with Crippen LogP contribution in [0.25, 0.3) is 0 Å². The van der Waals surface area contributed by atoms with Gasteiger partial charge in [-0.05, 0) is 36.8 Å². The molecule has 1 amide bonds. The van der Waals surface area contributed by atoms with Gasteiger partial charge in [0.15, 0.2) is 0 Å². The Bertz CT molecular complexity index is 402. The molecule has 0 aromatic heterocycles. The van der Waals surface area contributed by atoms with Crippen molar-refractivity contribution in [3.63, 3.8) is 0 Å². The predicted octanol–water partition coefficient (Wildman–Crippen LogP) is 3.97. The highest BCUT2D eigenvalue weighted by atomic mass is 16.2. The maximum atomic E-state index is 12.3. The van der Waals surface area contributed by atoms with E-state index in [-0.39, 0.29) is 0 Å². The maximum Gasteiger partial charge on any atom is 0.226 e. The monoisotopic (exact) mass is 273 g/mol. The zero-order valence-electron chi connectivity index (χ0n) is 12.7. The molecule has 1 aliphatic heterocycles. The van der Waals surface area contributed by atoms with Gasteiger partial charge in [0, 0.05) is 13.1 Å². The second-order valence-corrected chi connectivity index (χ2v) is 5.89. The molecule has 1 saturated heterocycles. The summed E-state index contributed by atoms with van der Waals surface area (Å²) in [6.45, 7) is 4.12. The third kappa shape index (κ3) is 4.66. The van der Waals surface area contributed by atoms with Crippen molar-refractivity contribution in [2.75, 3.05) is 13.1 Å². The topological polar surface area (TPSA) is 20.3 Å². The Hall–Kier alpha value is -1.31. The van der Waals surface area contributed by atoms with Crippen molar-refractivity contribution in [2.24, 2.45) is 0 Å². The van der Waals surface area contributed by atoms with E-state index in [2.05, 4.69) is 36.1 Å². The zero-order chi connectivity index (χ0) is 14.2. The largest absolute Gasteiger partial charge is 0.342 e. The number of aryl methyl sites for hydroxylation is 1. The Balaban J connectivity index is 1.86. The van der Waals surface area contributed by atoms with Crippen LogP contribution in [0, 0.1) is 0 Å². The molecule has 0 saturated carbocycles. The lowest BCUT2D eigenvalue weighted by atomic mass is 10.0. The Morgan fingerprint density at radius 3 is 2.20 bits per heavy atom. The van der Waals surface area contributed by atoms with Crippen molar-refractivity contribution in [1.29, 1.82) is 0 Å². The summed E-state index contributed by atoms with van der Waals surface area (Å²) < 4.78 is 0. The van der Waals surface area contributed by atoms with Crippen LogP contribution < -0.4 is 0 Å². The third-order valence-corrected chi connectivity index (χ3v) is 4.16. The summed E-state index contributed by atoms with van der Waals surface area (Å²) in [6.07, 6.45) is 9.07. The normalized spacial score (nSPS) is 15.9. The van der Waals surface area contributed by atoms with Crippen LogP contribution in [-0.4, -0.2) is 23.9 Å². The van der Waals surface area contributed by atoms with Gasteiger partial charge in [-0.2, -0.15) is 0 Å². The number of rotatable bonds is 5. The van der Waals surface area contributed by atoms with Gasteiger partial charge in [0.1, 0.15) is 0 Å². The van der Waals surface area contributed by atoms with Gasteiger partial charge in [-0.1, -0.05) is 50.5 Å². The summed E-state index contributed by atoms with van der Waals surface area (Å²) in [5, 5.41) is 0. The highest BCUT2D eigenvalue weighted by molar-refractivity contribution is 5.78. The summed E-state index contributed by atoms with van der Waals surface area (Å²) in [6, 6.07) is 8.61. The van der Waals surface area contributed by atoms with Crippen molar-refractivity contribution in [1.82, 2.24) is 4.90 Å². The van der Waals surface area contributed by atoms with Gasteiger partial charge < -0.3 is 4.90 Å². The molecule has 0 radical (unpaired) electrons. The summed E-state index contributed by atoms with van der Waals surface area (Å²) >= 11 is 0. The number of nitrogens with zero attached hydrogens (tertiary/aromatic N) is 1. The van der Waals surface area contributed by atoms with Crippen LogP contribution in [0.2, 0.25) is 0 Å². The number of likely N-dealkylation sites (tertiary alicyclic amines) is 1. The number of amides is 1. The highest BCUT2D eigenvalue weighted by Gasteiger charge is 2.15. The second kappa shape index (κ2) is 8.08. The zero-order valence-corrected chi connectivity index (χ0v) is 12.7. The minimum absolute atomic E-state index is 0.299. The lowest BCUT2D eigenvalue weighted by Gasteiger charge is -2.20. The van der Waals surface area contributed by atoms with Gasteiger partial charge in [0.2, 0.25) is 5.91 Å². The molecule has 2 rings (SSSR count). The molecule has 0 unspecified atom stereocenters. The van der Waals surface area contributed by atoms with E-state index in [1.54, 1.807) is 0 Å². The summed E-state index contributed by atoms with van der Waals surface area (Å²) in [4.78, 5) is 14.4. The first kappa shape index (κ1) is 15.1. The van der Waals surface area contributed by atoms with E-state index in [1.807, 2.05) is 0 Å². The highest BCUT2D eigenvalue weighted by Crippen LogP contribution is 2.13. The molecule has 2 nitrogen and oxygen atoms in total. The van der Waals surface area contributed by atoms with E-state index in [0.717, 1.165) is 25.1 Å². The summed E-state index contributed by atoms with van der Waals surface area (Å²) in [5.74, 6) is 0.299. The molecule has 0 spiro atoms. The first-order valence-electron chi connectivity index (χ1n) is 8.15. The van der Waals surface area contributed by atoms with Crippen LogP contribution in [0.5, 0.6) is 0 Å². The average molecular weight is 273 g/mol. The van der Waals surface area contributed by atoms with E-state index >= 15 is 0 Å². The summed E-state index contributed by atoms with van der Waals surface area (Å²) in [7, 11) is 0. The smallest absolute Gasteiger partial charge is 0.226 e. The molecule has 20 heavy (non-hydrogen) atoms. The van der Waals surface area contributed by atoms with Gasteiger partial charge in [-0.25, -0.2) is 0 Å². The quantitative estimate of drug-likeness (QED) is 0.795. The minimum Gasteiger partial charge on any atom is -0.342 e. The fourth-order valence-electron chi connectivity index (χ4n) is 2.81. The van der Waals surface area contributed by atoms with Crippen molar-refractivity contribution in [2.45, 2.75) is 58.3 Å². The Kier molecular flexibility index (Phi) is 6.10. The number of hydrogen-bond donors (Lipinski definition) is 0. The number of unbranched alkanes of at least 4 members (excludes halogenated alkanes) is 1. The molecule has 2 heteroatoms. The van der Waals surface area contributed by atoms with Crippen LogP contribution >= 0.6 is 0 Å². The van der Waals surface area contributed by atoms with E-state index in [9.17, 15) is 4.79 Å². The molecule has 0 atom stereocenters. The Labute approximate surface area is 123 Å². The molecule has 1 aromatic carbocycles. The predicted molar refractivity (Wildman–Crippen MR) is 83.8 cm³/mol. The molecule has 1 aromatic rings. The molecule has 0 bridgehead atoms. The Morgan fingerprint density at radius 1 is 1.00 bits per heavy atom. The van der Waals surface area contributed by atoms with Crippen LogP contribution in [-0.2, 0) is 17.6 Å². The number of carbonyl (C=O) groups excluding carboxylic acids is 1. The summed E-state index contributed by atoms with van der Waals surface area (Å²) in [5.41, 5.74) is 2.54. The van der Waals surface area contributed by atoms with Crippen molar-refractivity contribution >= 4 is 5.91 Å². The fourth-order valence-corrected chi connectivity index (χ4v) is 2.81. The minimum atomic E-state index is 0.299.